The highest BCUT2D eigenvalue weighted by atomic mass is 16.5. The van der Waals surface area contributed by atoms with E-state index in [0.717, 1.165) is 31.6 Å². The number of urea groups is 1. The summed E-state index contributed by atoms with van der Waals surface area (Å²) in [5, 5.41) is 2.92. The molecule has 1 fully saturated rings. The fraction of sp³-hybridized carbons (Fsp3) is 0.400. The first-order valence-corrected chi connectivity index (χ1v) is 13.5. The number of nitrogens with zero attached hydrogens (tertiary/aromatic N) is 3. The Kier molecular flexibility index (Phi) is 10.8. The van der Waals surface area contributed by atoms with E-state index in [9.17, 15) is 9.59 Å². The van der Waals surface area contributed by atoms with Gasteiger partial charge in [0, 0.05) is 38.8 Å². The summed E-state index contributed by atoms with van der Waals surface area (Å²) >= 11 is 0. The summed E-state index contributed by atoms with van der Waals surface area (Å²) < 4.78 is 21.7. The van der Waals surface area contributed by atoms with Crippen molar-refractivity contribution in [3.8, 4) is 11.5 Å². The topological polar surface area (TPSA) is 96.7 Å². The van der Waals surface area contributed by atoms with Crippen molar-refractivity contribution in [3.05, 3.63) is 78.3 Å². The molecule has 40 heavy (non-hydrogen) atoms. The van der Waals surface area contributed by atoms with Crippen LogP contribution in [0.15, 0.2) is 71.3 Å². The van der Waals surface area contributed by atoms with Crippen LogP contribution < -0.4 is 14.8 Å². The fourth-order valence-corrected chi connectivity index (χ4v) is 4.55. The second-order valence-electron chi connectivity index (χ2n) is 9.54. The van der Waals surface area contributed by atoms with Gasteiger partial charge in [0.05, 0.1) is 45.9 Å². The Morgan fingerprint density at radius 2 is 1.75 bits per heavy atom. The summed E-state index contributed by atoms with van der Waals surface area (Å²) in [7, 11) is 3.10. The van der Waals surface area contributed by atoms with E-state index in [1.54, 1.807) is 47.4 Å². The summed E-state index contributed by atoms with van der Waals surface area (Å²) in [5.41, 5.74) is 1.49. The summed E-state index contributed by atoms with van der Waals surface area (Å²) in [6.45, 7) is 4.99. The first-order valence-electron chi connectivity index (χ1n) is 13.5. The molecule has 0 radical (unpaired) electrons. The Bertz CT molecular complexity index is 1200. The average molecular weight is 551 g/mol. The summed E-state index contributed by atoms with van der Waals surface area (Å²) in [4.78, 5) is 32.8. The van der Waals surface area contributed by atoms with E-state index in [4.69, 9.17) is 18.6 Å². The highest BCUT2D eigenvalue weighted by Gasteiger charge is 2.24. The van der Waals surface area contributed by atoms with Crippen LogP contribution in [-0.2, 0) is 22.6 Å². The Balaban J connectivity index is 1.49. The zero-order valence-corrected chi connectivity index (χ0v) is 23.2. The minimum absolute atomic E-state index is 0.0824. The van der Waals surface area contributed by atoms with Gasteiger partial charge in [-0.3, -0.25) is 9.69 Å². The quantitative estimate of drug-likeness (QED) is 0.343. The maximum Gasteiger partial charge on any atom is 0.322 e. The van der Waals surface area contributed by atoms with Gasteiger partial charge in [0.25, 0.3) is 0 Å². The summed E-state index contributed by atoms with van der Waals surface area (Å²) in [6.07, 6.45) is 2.31. The molecule has 1 aromatic heterocycles. The molecular formula is C30H38N4O6. The van der Waals surface area contributed by atoms with Crippen molar-refractivity contribution in [1.82, 2.24) is 14.7 Å². The van der Waals surface area contributed by atoms with Gasteiger partial charge < -0.3 is 33.7 Å². The van der Waals surface area contributed by atoms with E-state index in [1.165, 1.54) is 7.11 Å². The van der Waals surface area contributed by atoms with Crippen molar-refractivity contribution < 1.29 is 28.2 Å². The minimum atomic E-state index is -0.378. The molecule has 214 valence electrons. The molecule has 0 saturated carbocycles. The van der Waals surface area contributed by atoms with Crippen LogP contribution in [0.5, 0.6) is 11.5 Å². The standard InChI is InChI=1S/C30H38N4O6/c1-37-25-11-12-27(28(20-25)38-2)31-30(36)33(14-7-13-32-15-18-39-19-16-32)23-29(35)34(22-26-10-6-17-40-26)21-24-8-4-3-5-9-24/h3-6,8-12,17,20H,7,13-16,18-19,21-23H2,1-2H3,(H,31,36). The number of benzene rings is 2. The molecule has 3 amide bonds. The molecule has 4 rings (SSSR count). The van der Waals surface area contributed by atoms with Crippen LogP contribution in [0.1, 0.15) is 17.7 Å². The molecule has 1 aliphatic heterocycles. The predicted octanol–water partition coefficient (Wildman–Crippen LogP) is 4.08. The Morgan fingerprint density at radius 3 is 2.45 bits per heavy atom. The highest BCUT2D eigenvalue weighted by Crippen LogP contribution is 2.29. The van der Waals surface area contributed by atoms with Crippen LogP contribution in [0, 0.1) is 0 Å². The van der Waals surface area contributed by atoms with E-state index >= 15 is 0 Å². The lowest BCUT2D eigenvalue weighted by molar-refractivity contribution is -0.133. The molecule has 1 saturated heterocycles. The van der Waals surface area contributed by atoms with Gasteiger partial charge in [-0.25, -0.2) is 4.79 Å². The molecule has 10 heteroatoms. The Morgan fingerprint density at radius 1 is 0.950 bits per heavy atom. The second kappa shape index (κ2) is 14.9. The molecule has 1 N–H and O–H groups in total. The van der Waals surface area contributed by atoms with E-state index < -0.39 is 0 Å². The lowest BCUT2D eigenvalue weighted by Gasteiger charge is -2.30. The number of carbonyl (C=O) groups is 2. The monoisotopic (exact) mass is 550 g/mol. The van der Waals surface area contributed by atoms with Gasteiger partial charge in [0.1, 0.15) is 23.8 Å². The molecule has 2 aromatic carbocycles. The molecule has 0 atom stereocenters. The van der Waals surface area contributed by atoms with E-state index in [1.807, 2.05) is 36.4 Å². The van der Waals surface area contributed by atoms with Crippen molar-refractivity contribution in [1.29, 1.82) is 0 Å². The Labute approximate surface area is 235 Å². The number of hydrogen-bond acceptors (Lipinski definition) is 7. The van der Waals surface area contributed by atoms with Crippen molar-refractivity contribution in [3.63, 3.8) is 0 Å². The fourth-order valence-electron chi connectivity index (χ4n) is 4.55. The van der Waals surface area contributed by atoms with Crippen molar-refractivity contribution in [2.75, 3.05) is 65.5 Å². The second-order valence-corrected chi connectivity index (χ2v) is 9.54. The maximum atomic E-state index is 13.7. The molecule has 10 nitrogen and oxygen atoms in total. The molecule has 0 bridgehead atoms. The largest absolute Gasteiger partial charge is 0.497 e. The molecular weight excluding hydrogens is 512 g/mol. The van der Waals surface area contributed by atoms with Gasteiger partial charge in [0.15, 0.2) is 0 Å². The summed E-state index contributed by atoms with van der Waals surface area (Å²) in [6, 6.07) is 18.2. The third kappa shape index (κ3) is 8.49. The molecule has 0 spiro atoms. The lowest BCUT2D eigenvalue weighted by Crippen LogP contribution is -2.45. The number of furan rings is 1. The first-order chi connectivity index (χ1) is 19.6. The van der Waals surface area contributed by atoms with Crippen molar-refractivity contribution in [2.45, 2.75) is 19.5 Å². The number of anilines is 1. The Hall–Kier alpha value is -4.02. The zero-order valence-electron chi connectivity index (χ0n) is 23.2. The van der Waals surface area contributed by atoms with Crippen LogP contribution in [0.3, 0.4) is 0 Å². The van der Waals surface area contributed by atoms with Crippen LogP contribution in [0.4, 0.5) is 10.5 Å². The van der Waals surface area contributed by atoms with Gasteiger partial charge >= 0.3 is 6.03 Å². The van der Waals surface area contributed by atoms with Crippen molar-refractivity contribution in [2.24, 2.45) is 0 Å². The van der Waals surface area contributed by atoms with Gasteiger partial charge in [-0.05, 0) is 36.2 Å². The third-order valence-corrected chi connectivity index (χ3v) is 6.77. The molecule has 1 aliphatic rings. The molecule has 0 unspecified atom stereocenters. The minimum Gasteiger partial charge on any atom is -0.497 e. The normalized spacial score (nSPS) is 13.4. The number of hydrogen-bond donors (Lipinski definition) is 1. The number of morpholine rings is 1. The van der Waals surface area contributed by atoms with Crippen LogP contribution in [0.25, 0.3) is 0 Å². The van der Waals surface area contributed by atoms with Gasteiger partial charge in [0.2, 0.25) is 5.91 Å². The number of carbonyl (C=O) groups excluding carboxylic acids is 2. The van der Waals surface area contributed by atoms with E-state index in [2.05, 4.69) is 10.2 Å². The summed E-state index contributed by atoms with van der Waals surface area (Å²) in [5.74, 6) is 1.58. The predicted molar refractivity (Wildman–Crippen MR) is 151 cm³/mol. The van der Waals surface area contributed by atoms with Crippen LogP contribution in [-0.4, -0.2) is 86.8 Å². The molecule has 0 aliphatic carbocycles. The van der Waals surface area contributed by atoms with Gasteiger partial charge in [-0.15, -0.1) is 0 Å². The number of methoxy groups -OCH3 is 2. The third-order valence-electron chi connectivity index (χ3n) is 6.77. The first kappa shape index (κ1) is 29.0. The number of nitrogens with one attached hydrogen (secondary N) is 1. The number of amides is 3. The van der Waals surface area contributed by atoms with Crippen molar-refractivity contribution >= 4 is 17.6 Å². The van der Waals surface area contributed by atoms with E-state index in [0.29, 0.717) is 55.8 Å². The van der Waals surface area contributed by atoms with Crippen LogP contribution >= 0.6 is 0 Å². The zero-order chi connectivity index (χ0) is 28.2. The number of ether oxygens (including phenoxy) is 3. The van der Waals surface area contributed by atoms with E-state index in [-0.39, 0.29) is 18.5 Å². The number of rotatable bonds is 13. The highest BCUT2D eigenvalue weighted by molar-refractivity contribution is 5.93. The van der Waals surface area contributed by atoms with Gasteiger partial charge in [-0.1, -0.05) is 30.3 Å². The maximum absolute atomic E-state index is 13.7. The molecule has 2 heterocycles. The SMILES string of the molecule is COc1ccc(NC(=O)N(CCCN2CCOCC2)CC(=O)N(Cc2ccccc2)Cc2ccco2)c(OC)c1. The van der Waals surface area contributed by atoms with Crippen LogP contribution in [0.2, 0.25) is 0 Å². The van der Waals surface area contributed by atoms with Gasteiger partial charge in [-0.2, -0.15) is 0 Å². The average Bonchev–Trinajstić information content (AvgIpc) is 3.50. The lowest BCUT2D eigenvalue weighted by atomic mass is 10.2. The smallest absolute Gasteiger partial charge is 0.322 e. The molecule has 3 aromatic rings.